The Hall–Kier alpha value is -2.40. The van der Waals surface area contributed by atoms with Crippen molar-refractivity contribution in [3.8, 4) is 0 Å². The SMILES string of the molecule is CNC(=O)c1ccc(CN(C(=O)C=Cc2cccs2)C2CC2)cc1. The van der Waals surface area contributed by atoms with Crippen LogP contribution in [0.5, 0.6) is 0 Å². The van der Waals surface area contributed by atoms with Crippen molar-refractivity contribution in [1.29, 1.82) is 0 Å². The van der Waals surface area contributed by atoms with Crippen LogP contribution in [0.15, 0.2) is 47.9 Å². The maximum atomic E-state index is 12.5. The first-order valence-electron chi connectivity index (χ1n) is 8.00. The first-order chi connectivity index (χ1) is 11.7. The summed E-state index contributed by atoms with van der Waals surface area (Å²) in [6.07, 6.45) is 5.66. The van der Waals surface area contributed by atoms with Crippen LogP contribution in [0.2, 0.25) is 0 Å². The number of hydrogen-bond acceptors (Lipinski definition) is 3. The quantitative estimate of drug-likeness (QED) is 0.820. The third kappa shape index (κ3) is 4.11. The maximum Gasteiger partial charge on any atom is 0.251 e. The highest BCUT2D eigenvalue weighted by atomic mass is 32.1. The van der Waals surface area contributed by atoms with E-state index in [1.807, 2.05) is 40.6 Å². The van der Waals surface area contributed by atoms with Gasteiger partial charge in [-0.3, -0.25) is 9.59 Å². The van der Waals surface area contributed by atoms with E-state index in [4.69, 9.17) is 0 Å². The average Bonchev–Trinajstić information content (AvgIpc) is 3.32. The van der Waals surface area contributed by atoms with Crippen LogP contribution < -0.4 is 5.32 Å². The molecule has 1 aromatic carbocycles. The fraction of sp³-hybridized carbons (Fsp3) is 0.263. The lowest BCUT2D eigenvalue weighted by atomic mass is 10.1. The molecule has 1 heterocycles. The second kappa shape index (κ2) is 7.45. The number of hydrogen-bond donors (Lipinski definition) is 1. The first-order valence-corrected chi connectivity index (χ1v) is 8.88. The summed E-state index contributed by atoms with van der Waals surface area (Å²) in [7, 11) is 1.61. The van der Waals surface area contributed by atoms with E-state index in [2.05, 4.69) is 5.32 Å². The molecule has 24 heavy (non-hydrogen) atoms. The van der Waals surface area contributed by atoms with E-state index in [1.165, 1.54) is 0 Å². The lowest BCUT2D eigenvalue weighted by Crippen LogP contribution is -2.31. The Morgan fingerprint density at radius 3 is 2.58 bits per heavy atom. The standard InChI is InChI=1S/C19H20N2O2S/c1-20-19(23)15-6-4-14(5-7-15)13-21(16-8-9-16)18(22)11-10-17-3-2-12-24-17/h2-7,10-12,16H,8-9,13H2,1H3,(H,20,23). The summed E-state index contributed by atoms with van der Waals surface area (Å²) in [4.78, 5) is 27.1. The molecule has 0 radical (unpaired) electrons. The third-order valence-corrected chi connectivity index (χ3v) is 4.84. The van der Waals surface area contributed by atoms with Gasteiger partial charge in [-0.15, -0.1) is 11.3 Å². The fourth-order valence-electron chi connectivity index (χ4n) is 2.51. The zero-order chi connectivity index (χ0) is 16.9. The number of rotatable bonds is 6. The lowest BCUT2D eigenvalue weighted by molar-refractivity contribution is -0.127. The molecule has 4 nitrogen and oxygen atoms in total. The van der Waals surface area contributed by atoms with Gasteiger partial charge in [0.25, 0.3) is 5.91 Å². The summed E-state index contributed by atoms with van der Waals surface area (Å²) in [6.45, 7) is 0.576. The first kappa shape index (κ1) is 16.5. The van der Waals surface area contributed by atoms with Gasteiger partial charge in [-0.25, -0.2) is 0 Å². The van der Waals surface area contributed by atoms with Gasteiger partial charge in [0.2, 0.25) is 5.91 Å². The van der Waals surface area contributed by atoms with Crippen LogP contribution in [0, 0.1) is 0 Å². The molecule has 1 aromatic heterocycles. The molecule has 1 N–H and O–H groups in total. The molecule has 0 aliphatic heterocycles. The molecule has 0 bridgehead atoms. The molecule has 2 aromatic rings. The molecule has 2 amide bonds. The summed E-state index contributed by atoms with van der Waals surface area (Å²) in [5, 5.41) is 4.60. The molecule has 1 fully saturated rings. The topological polar surface area (TPSA) is 49.4 Å². The largest absolute Gasteiger partial charge is 0.355 e. The summed E-state index contributed by atoms with van der Waals surface area (Å²) in [5.74, 6) is -0.0585. The number of nitrogens with zero attached hydrogens (tertiary/aromatic N) is 1. The average molecular weight is 340 g/mol. The van der Waals surface area contributed by atoms with Gasteiger partial charge >= 0.3 is 0 Å². The van der Waals surface area contributed by atoms with Crippen LogP contribution in [0.4, 0.5) is 0 Å². The van der Waals surface area contributed by atoms with Gasteiger partial charge in [0.15, 0.2) is 0 Å². The molecule has 0 atom stereocenters. The van der Waals surface area contributed by atoms with Crippen molar-refractivity contribution in [2.75, 3.05) is 7.05 Å². The van der Waals surface area contributed by atoms with Crippen LogP contribution in [0.25, 0.3) is 6.08 Å². The highest BCUT2D eigenvalue weighted by molar-refractivity contribution is 7.10. The van der Waals surface area contributed by atoms with E-state index >= 15 is 0 Å². The van der Waals surface area contributed by atoms with Crippen LogP contribution in [0.1, 0.15) is 33.6 Å². The number of carbonyl (C=O) groups is 2. The normalized spacial score (nSPS) is 13.9. The molecule has 124 valence electrons. The van der Waals surface area contributed by atoms with Gasteiger partial charge in [-0.1, -0.05) is 18.2 Å². The van der Waals surface area contributed by atoms with Gasteiger partial charge in [0, 0.05) is 36.2 Å². The minimum atomic E-state index is -0.101. The highest BCUT2D eigenvalue weighted by Crippen LogP contribution is 2.29. The summed E-state index contributed by atoms with van der Waals surface area (Å²) >= 11 is 1.62. The van der Waals surface area contributed by atoms with Gasteiger partial charge in [0.1, 0.15) is 0 Å². The van der Waals surface area contributed by atoms with E-state index in [9.17, 15) is 9.59 Å². The predicted octanol–water partition coefficient (Wildman–Crippen LogP) is 3.31. The number of benzene rings is 1. The summed E-state index contributed by atoms with van der Waals surface area (Å²) in [6, 6.07) is 11.7. The maximum absolute atomic E-state index is 12.5. The Balaban J connectivity index is 1.68. The highest BCUT2D eigenvalue weighted by Gasteiger charge is 2.31. The molecule has 0 unspecified atom stereocenters. The Labute approximate surface area is 145 Å². The molecular weight excluding hydrogens is 320 g/mol. The van der Waals surface area contributed by atoms with Gasteiger partial charge in [-0.05, 0) is 48.1 Å². The molecule has 3 rings (SSSR count). The zero-order valence-electron chi connectivity index (χ0n) is 13.6. The van der Waals surface area contributed by atoms with Crippen LogP contribution >= 0.6 is 11.3 Å². The Bertz CT molecular complexity index is 731. The molecule has 1 saturated carbocycles. The Morgan fingerprint density at radius 2 is 2.00 bits per heavy atom. The minimum absolute atomic E-state index is 0.0428. The molecule has 5 heteroatoms. The minimum Gasteiger partial charge on any atom is -0.355 e. The number of carbonyl (C=O) groups excluding carboxylic acids is 2. The van der Waals surface area contributed by atoms with Crippen LogP contribution in [-0.4, -0.2) is 29.8 Å². The van der Waals surface area contributed by atoms with E-state index in [0.29, 0.717) is 18.2 Å². The summed E-state index contributed by atoms with van der Waals surface area (Å²) < 4.78 is 0. The predicted molar refractivity (Wildman–Crippen MR) is 96.8 cm³/mol. The second-order valence-corrected chi connectivity index (χ2v) is 6.80. The fourth-order valence-corrected chi connectivity index (χ4v) is 3.13. The molecule has 0 spiro atoms. The molecule has 1 aliphatic carbocycles. The number of nitrogens with one attached hydrogen (secondary N) is 1. The van der Waals surface area contributed by atoms with Crippen molar-refractivity contribution in [2.24, 2.45) is 0 Å². The number of thiophene rings is 1. The van der Waals surface area contributed by atoms with Crippen molar-refractivity contribution in [3.05, 3.63) is 63.9 Å². The van der Waals surface area contributed by atoms with Gasteiger partial charge in [-0.2, -0.15) is 0 Å². The Morgan fingerprint density at radius 1 is 1.25 bits per heavy atom. The van der Waals surface area contributed by atoms with Crippen molar-refractivity contribution >= 4 is 29.2 Å². The van der Waals surface area contributed by atoms with E-state index < -0.39 is 0 Å². The zero-order valence-corrected chi connectivity index (χ0v) is 14.4. The van der Waals surface area contributed by atoms with Crippen LogP contribution in [0.3, 0.4) is 0 Å². The third-order valence-electron chi connectivity index (χ3n) is 4.00. The Kier molecular flexibility index (Phi) is 5.11. The van der Waals surface area contributed by atoms with Crippen molar-refractivity contribution < 1.29 is 9.59 Å². The van der Waals surface area contributed by atoms with Crippen LogP contribution in [-0.2, 0) is 11.3 Å². The summed E-state index contributed by atoms with van der Waals surface area (Å²) in [5.41, 5.74) is 1.66. The van der Waals surface area contributed by atoms with E-state index in [0.717, 1.165) is 23.3 Å². The van der Waals surface area contributed by atoms with E-state index in [1.54, 1.807) is 36.6 Å². The van der Waals surface area contributed by atoms with Crippen molar-refractivity contribution in [1.82, 2.24) is 10.2 Å². The second-order valence-electron chi connectivity index (χ2n) is 5.82. The molecular formula is C19H20N2O2S. The number of amides is 2. The smallest absolute Gasteiger partial charge is 0.251 e. The van der Waals surface area contributed by atoms with E-state index in [-0.39, 0.29) is 11.8 Å². The lowest BCUT2D eigenvalue weighted by Gasteiger charge is -2.21. The molecule has 0 saturated heterocycles. The van der Waals surface area contributed by atoms with Gasteiger partial charge in [0.05, 0.1) is 0 Å². The monoisotopic (exact) mass is 340 g/mol. The van der Waals surface area contributed by atoms with Gasteiger partial charge < -0.3 is 10.2 Å². The molecule has 1 aliphatic rings. The van der Waals surface area contributed by atoms with Crippen molar-refractivity contribution in [2.45, 2.75) is 25.4 Å². The van der Waals surface area contributed by atoms with Crippen molar-refractivity contribution in [3.63, 3.8) is 0 Å².